The van der Waals surface area contributed by atoms with E-state index in [0.29, 0.717) is 12.3 Å². The van der Waals surface area contributed by atoms with Crippen molar-refractivity contribution in [3.8, 4) is 5.75 Å². The van der Waals surface area contributed by atoms with Crippen molar-refractivity contribution >= 4 is 0 Å². The first-order valence-electron chi connectivity index (χ1n) is 6.67. The van der Waals surface area contributed by atoms with Crippen LogP contribution in [0.4, 0.5) is 0 Å². The summed E-state index contributed by atoms with van der Waals surface area (Å²) in [6.07, 6.45) is 3.41. The smallest absolute Gasteiger partial charge is 0.124 e. The highest BCUT2D eigenvalue weighted by Gasteiger charge is 2.39. The molecule has 3 N–H and O–H groups in total. The average molecular weight is 248 g/mol. The Kier molecular flexibility index (Phi) is 3.64. The fraction of sp³-hybridized carbons (Fsp3) is 0.600. The molecular formula is C15H24N2O. The van der Waals surface area contributed by atoms with Crippen LogP contribution in [0.15, 0.2) is 12.1 Å². The summed E-state index contributed by atoms with van der Waals surface area (Å²) < 4.78 is 0. The van der Waals surface area contributed by atoms with Crippen LogP contribution in [0.1, 0.15) is 36.0 Å². The summed E-state index contributed by atoms with van der Waals surface area (Å²) in [5, 5.41) is 10.6. The van der Waals surface area contributed by atoms with Crippen molar-refractivity contribution in [3.63, 3.8) is 0 Å². The maximum absolute atomic E-state index is 10.6. The van der Waals surface area contributed by atoms with E-state index >= 15 is 0 Å². The molecule has 0 saturated heterocycles. The molecule has 0 aliphatic heterocycles. The fourth-order valence-electron chi connectivity index (χ4n) is 2.87. The quantitative estimate of drug-likeness (QED) is 0.858. The summed E-state index contributed by atoms with van der Waals surface area (Å²) in [5.41, 5.74) is 9.21. The minimum absolute atomic E-state index is 0.0266. The zero-order chi connectivity index (χ0) is 13.3. The van der Waals surface area contributed by atoms with Crippen LogP contribution in [0.3, 0.4) is 0 Å². The van der Waals surface area contributed by atoms with Gasteiger partial charge in [-0.2, -0.15) is 0 Å². The van der Waals surface area contributed by atoms with E-state index in [1.54, 1.807) is 0 Å². The third-order valence-electron chi connectivity index (χ3n) is 4.26. The van der Waals surface area contributed by atoms with Crippen LogP contribution < -0.4 is 5.73 Å². The van der Waals surface area contributed by atoms with Gasteiger partial charge in [-0.25, -0.2) is 0 Å². The minimum Gasteiger partial charge on any atom is -0.507 e. The van der Waals surface area contributed by atoms with Crippen LogP contribution in [-0.4, -0.2) is 30.6 Å². The van der Waals surface area contributed by atoms with E-state index < -0.39 is 0 Å². The van der Waals surface area contributed by atoms with Gasteiger partial charge in [-0.05, 0) is 39.4 Å². The van der Waals surface area contributed by atoms with Gasteiger partial charge in [0.2, 0.25) is 0 Å². The number of rotatable bonds is 4. The third kappa shape index (κ3) is 2.13. The van der Waals surface area contributed by atoms with Crippen molar-refractivity contribution in [2.24, 2.45) is 5.73 Å². The van der Waals surface area contributed by atoms with Crippen LogP contribution in [0.5, 0.6) is 5.75 Å². The molecule has 1 aromatic rings. The van der Waals surface area contributed by atoms with Gasteiger partial charge in [0.15, 0.2) is 0 Å². The topological polar surface area (TPSA) is 49.5 Å². The van der Waals surface area contributed by atoms with Crippen molar-refractivity contribution in [2.45, 2.75) is 38.1 Å². The molecule has 0 spiro atoms. The summed E-state index contributed by atoms with van der Waals surface area (Å²) in [7, 11) is 4.04. The molecule has 1 aliphatic carbocycles. The molecule has 0 heterocycles. The first-order chi connectivity index (χ1) is 8.50. The predicted octanol–water partition coefficient (Wildman–Crippen LogP) is 2.14. The summed E-state index contributed by atoms with van der Waals surface area (Å²) in [4.78, 5) is 2.09. The highest BCUT2D eigenvalue weighted by molar-refractivity contribution is 5.49. The molecule has 100 valence electrons. The molecule has 0 aromatic heterocycles. The van der Waals surface area contributed by atoms with Crippen molar-refractivity contribution in [1.82, 2.24) is 4.90 Å². The number of nitrogens with zero attached hydrogens (tertiary/aromatic N) is 1. The maximum Gasteiger partial charge on any atom is 0.124 e. The zero-order valence-corrected chi connectivity index (χ0v) is 11.7. The average Bonchev–Trinajstić information content (AvgIpc) is 2.26. The predicted molar refractivity (Wildman–Crippen MR) is 74.8 cm³/mol. The first kappa shape index (κ1) is 13.4. The standard InChI is InChI=1S/C15H24N2O/c1-11-5-6-13(15(10-16)7-4-8-15)14(18)12(11)9-17(2)3/h5-6,18H,4,7-10,16H2,1-3H3. The molecular weight excluding hydrogens is 224 g/mol. The van der Waals surface area contributed by atoms with E-state index in [1.807, 2.05) is 14.1 Å². The van der Waals surface area contributed by atoms with Crippen molar-refractivity contribution in [1.29, 1.82) is 0 Å². The van der Waals surface area contributed by atoms with Crippen LogP contribution >= 0.6 is 0 Å². The number of aryl methyl sites for hydroxylation is 1. The summed E-state index contributed by atoms with van der Waals surface area (Å²) in [5.74, 6) is 0.467. The number of hydrogen-bond acceptors (Lipinski definition) is 3. The van der Waals surface area contributed by atoms with E-state index in [9.17, 15) is 5.11 Å². The van der Waals surface area contributed by atoms with E-state index in [0.717, 1.165) is 36.1 Å². The van der Waals surface area contributed by atoms with Crippen LogP contribution in [-0.2, 0) is 12.0 Å². The Morgan fingerprint density at radius 3 is 2.44 bits per heavy atom. The van der Waals surface area contributed by atoms with Gasteiger partial charge in [-0.1, -0.05) is 18.6 Å². The number of benzene rings is 1. The van der Waals surface area contributed by atoms with E-state index in [4.69, 9.17) is 5.73 Å². The number of aromatic hydroxyl groups is 1. The third-order valence-corrected chi connectivity index (χ3v) is 4.26. The summed E-state index contributed by atoms with van der Waals surface area (Å²) in [6.45, 7) is 3.45. The van der Waals surface area contributed by atoms with E-state index in [-0.39, 0.29) is 5.41 Å². The van der Waals surface area contributed by atoms with E-state index in [1.165, 1.54) is 6.42 Å². The van der Waals surface area contributed by atoms with Gasteiger partial charge in [0.05, 0.1) is 0 Å². The van der Waals surface area contributed by atoms with Gasteiger partial charge in [-0.3, -0.25) is 0 Å². The number of nitrogens with two attached hydrogens (primary N) is 1. The maximum atomic E-state index is 10.6. The molecule has 0 amide bonds. The van der Waals surface area contributed by atoms with Crippen LogP contribution in [0.25, 0.3) is 0 Å². The molecule has 2 rings (SSSR count). The summed E-state index contributed by atoms with van der Waals surface area (Å²) >= 11 is 0. The largest absolute Gasteiger partial charge is 0.507 e. The second-order valence-corrected chi connectivity index (χ2v) is 5.83. The minimum atomic E-state index is 0.0266. The molecule has 3 nitrogen and oxygen atoms in total. The fourth-order valence-corrected chi connectivity index (χ4v) is 2.87. The van der Waals surface area contributed by atoms with Gasteiger partial charge < -0.3 is 15.7 Å². The number of phenolic OH excluding ortho intramolecular Hbond substituents is 1. The Morgan fingerprint density at radius 2 is 2.00 bits per heavy atom. The lowest BCUT2D eigenvalue weighted by molar-refractivity contribution is 0.243. The van der Waals surface area contributed by atoms with Gasteiger partial charge in [0.25, 0.3) is 0 Å². The Morgan fingerprint density at radius 1 is 1.33 bits per heavy atom. The lowest BCUT2D eigenvalue weighted by Gasteiger charge is -2.42. The highest BCUT2D eigenvalue weighted by Crippen LogP contribution is 2.47. The molecule has 0 unspecified atom stereocenters. The Balaban J connectivity index is 2.44. The molecule has 1 saturated carbocycles. The molecule has 1 fully saturated rings. The Hall–Kier alpha value is -1.06. The molecule has 0 atom stereocenters. The van der Waals surface area contributed by atoms with Gasteiger partial charge in [0, 0.05) is 29.6 Å². The van der Waals surface area contributed by atoms with Gasteiger partial charge >= 0.3 is 0 Å². The SMILES string of the molecule is Cc1ccc(C2(CN)CCC2)c(O)c1CN(C)C. The number of hydrogen-bond donors (Lipinski definition) is 2. The highest BCUT2D eigenvalue weighted by atomic mass is 16.3. The van der Waals surface area contributed by atoms with Crippen molar-refractivity contribution in [2.75, 3.05) is 20.6 Å². The molecule has 3 heteroatoms. The lowest BCUT2D eigenvalue weighted by atomic mass is 9.64. The van der Waals surface area contributed by atoms with Gasteiger partial charge in [-0.15, -0.1) is 0 Å². The number of phenols is 1. The Labute approximate surface area is 110 Å². The Bertz CT molecular complexity index is 431. The van der Waals surface area contributed by atoms with Gasteiger partial charge in [0.1, 0.15) is 5.75 Å². The van der Waals surface area contributed by atoms with Crippen molar-refractivity contribution in [3.05, 3.63) is 28.8 Å². The zero-order valence-electron chi connectivity index (χ0n) is 11.7. The van der Waals surface area contributed by atoms with Crippen molar-refractivity contribution < 1.29 is 5.11 Å². The second kappa shape index (κ2) is 4.90. The summed E-state index contributed by atoms with van der Waals surface area (Å²) in [6, 6.07) is 4.18. The molecule has 0 bridgehead atoms. The second-order valence-electron chi connectivity index (χ2n) is 5.83. The monoisotopic (exact) mass is 248 g/mol. The first-order valence-corrected chi connectivity index (χ1v) is 6.67. The molecule has 1 aromatic carbocycles. The van der Waals surface area contributed by atoms with E-state index in [2.05, 4.69) is 24.0 Å². The molecule has 0 radical (unpaired) electrons. The lowest BCUT2D eigenvalue weighted by Crippen LogP contribution is -2.41. The van der Waals surface area contributed by atoms with Crippen LogP contribution in [0.2, 0.25) is 0 Å². The van der Waals surface area contributed by atoms with Crippen LogP contribution in [0, 0.1) is 6.92 Å². The molecule has 1 aliphatic rings. The molecule has 18 heavy (non-hydrogen) atoms. The normalized spacial score (nSPS) is 17.8.